The number of hydrogen-bond acceptors (Lipinski definition) is 3. The van der Waals surface area contributed by atoms with E-state index in [9.17, 15) is 4.79 Å². The average molecular weight is 286 g/mol. The van der Waals surface area contributed by atoms with Crippen molar-refractivity contribution in [2.45, 2.75) is 32.9 Å². The van der Waals surface area contributed by atoms with Crippen molar-refractivity contribution in [2.24, 2.45) is 11.7 Å². The lowest BCUT2D eigenvalue weighted by atomic mass is 9.99. The van der Waals surface area contributed by atoms with E-state index in [-0.39, 0.29) is 11.8 Å². The summed E-state index contributed by atoms with van der Waals surface area (Å²) in [6.45, 7) is 4.48. The molecule has 0 fully saturated rings. The Morgan fingerprint density at radius 3 is 2.86 bits per heavy atom. The number of nitrogens with two attached hydrogens (primary N) is 1. The van der Waals surface area contributed by atoms with Crippen molar-refractivity contribution in [3.05, 3.63) is 48.5 Å². The molecule has 3 N–H and O–H groups in total. The SMILES string of the molecule is CCC(C)C(N)C(=O)NCc1ccccc1-n1ccnc1. The van der Waals surface area contributed by atoms with Gasteiger partial charge in [-0.1, -0.05) is 38.5 Å². The molecule has 0 aliphatic carbocycles. The summed E-state index contributed by atoms with van der Waals surface area (Å²) in [7, 11) is 0. The van der Waals surface area contributed by atoms with E-state index in [4.69, 9.17) is 5.73 Å². The van der Waals surface area contributed by atoms with Crippen molar-refractivity contribution in [2.75, 3.05) is 0 Å². The molecule has 5 heteroatoms. The summed E-state index contributed by atoms with van der Waals surface area (Å²) in [6.07, 6.45) is 6.24. The van der Waals surface area contributed by atoms with Crippen LogP contribution in [0.2, 0.25) is 0 Å². The van der Waals surface area contributed by atoms with Crippen LogP contribution in [0.1, 0.15) is 25.8 Å². The Hall–Kier alpha value is -2.14. The lowest BCUT2D eigenvalue weighted by molar-refractivity contribution is -0.123. The van der Waals surface area contributed by atoms with E-state index in [0.717, 1.165) is 17.7 Å². The largest absolute Gasteiger partial charge is 0.351 e. The number of hydrogen-bond donors (Lipinski definition) is 2. The van der Waals surface area contributed by atoms with Crippen molar-refractivity contribution in [1.82, 2.24) is 14.9 Å². The van der Waals surface area contributed by atoms with Gasteiger partial charge in [0, 0.05) is 18.9 Å². The first-order chi connectivity index (χ1) is 10.1. The van der Waals surface area contributed by atoms with Gasteiger partial charge in [-0.25, -0.2) is 4.98 Å². The highest BCUT2D eigenvalue weighted by Gasteiger charge is 2.19. The van der Waals surface area contributed by atoms with Crippen LogP contribution in [0.15, 0.2) is 43.0 Å². The molecule has 2 rings (SSSR count). The van der Waals surface area contributed by atoms with Gasteiger partial charge in [0.05, 0.1) is 18.1 Å². The third-order valence-corrected chi connectivity index (χ3v) is 3.79. The highest BCUT2D eigenvalue weighted by molar-refractivity contribution is 5.81. The monoisotopic (exact) mass is 286 g/mol. The number of imidazole rings is 1. The van der Waals surface area contributed by atoms with Crippen LogP contribution >= 0.6 is 0 Å². The second kappa shape index (κ2) is 7.04. The standard InChI is InChI=1S/C16H22N4O/c1-3-12(2)15(17)16(21)19-10-13-6-4-5-7-14(13)20-9-8-18-11-20/h4-9,11-12,15H,3,10,17H2,1-2H3,(H,19,21). The Kier molecular flexibility index (Phi) is 5.11. The molecule has 5 nitrogen and oxygen atoms in total. The highest BCUT2D eigenvalue weighted by Crippen LogP contribution is 2.14. The fourth-order valence-corrected chi connectivity index (χ4v) is 2.13. The Balaban J connectivity index is 2.06. The summed E-state index contributed by atoms with van der Waals surface area (Å²) in [4.78, 5) is 16.1. The Morgan fingerprint density at radius 1 is 1.43 bits per heavy atom. The molecule has 0 bridgehead atoms. The van der Waals surface area contributed by atoms with E-state index >= 15 is 0 Å². The molecule has 1 heterocycles. The summed E-state index contributed by atoms with van der Waals surface area (Å²) in [5, 5.41) is 2.92. The van der Waals surface area contributed by atoms with Crippen LogP contribution in [-0.4, -0.2) is 21.5 Å². The average Bonchev–Trinajstić information content (AvgIpc) is 3.05. The zero-order valence-electron chi connectivity index (χ0n) is 12.5. The van der Waals surface area contributed by atoms with Gasteiger partial charge in [-0.05, 0) is 17.5 Å². The maximum atomic E-state index is 12.1. The topological polar surface area (TPSA) is 72.9 Å². The van der Waals surface area contributed by atoms with Crippen LogP contribution < -0.4 is 11.1 Å². The van der Waals surface area contributed by atoms with E-state index in [0.29, 0.717) is 6.54 Å². The molecule has 0 saturated carbocycles. The molecule has 0 saturated heterocycles. The van der Waals surface area contributed by atoms with E-state index in [2.05, 4.69) is 10.3 Å². The quantitative estimate of drug-likeness (QED) is 0.851. The number of carbonyl (C=O) groups excluding carboxylic acids is 1. The minimum absolute atomic E-state index is 0.107. The molecule has 1 amide bonds. The summed E-state index contributed by atoms with van der Waals surface area (Å²) >= 11 is 0. The number of amides is 1. The smallest absolute Gasteiger partial charge is 0.237 e. The fraction of sp³-hybridized carbons (Fsp3) is 0.375. The minimum Gasteiger partial charge on any atom is -0.351 e. The number of aromatic nitrogens is 2. The number of nitrogens with zero attached hydrogens (tertiary/aromatic N) is 2. The Morgan fingerprint density at radius 2 is 2.19 bits per heavy atom. The van der Waals surface area contributed by atoms with E-state index in [1.165, 1.54) is 0 Å². The molecule has 2 unspecified atom stereocenters. The first-order valence-electron chi connectivity index (χ1n) is 7.23. The third kappa shape index (κ3) is 3.70. The summed E-state index contributed by atoms with van der Waals surface area (Å²) < 4.78 is 1.93. The van der Waals surface area contributed by atoms with Crippen LogP contribution in [0.5, 0.6) is 0 Å². The zero-order valence-corrected chi connectivity index (χ0v) is 12.5. The molecule has 0 aliphatic rings. The lowest BCUT2D eigenvalue weighted by Crippen LogP contribution is -2.44. The molecule has 2 aromatic rings. The zero-order chi connectivity index (χ0) is 15.2. The maximum absolute atomic E-state index is 12.1. The summed E-state index contributed by atoms with van der Waals surface area (Å²) in [5.74, 6) is 0.0682. The van der Waals surface area contributed by atoms with Crippen molar-refractivity contribution in [3.8, 4) is 5.69 Å². The van der Waals surface area contributed by atoms with E-state index in [1.54, 1.807) is 12.5 Å². The van der Waals surface area contributed by atoms with Gasteiger partial charge in [0.1, 0.15) is 0 Å². The second-order valence-corrected chi connectivity index (χ2v) is 5.23. The van der Waals surface area contributed by atoms with Gasteiger partial charge in [0.15, 0.2) is 0 Å². The first kappa shape index (κ1) is 15.3. The number of benzene rings is 1. The lowest BCUT2D eigenvalue weighted by Gasteiger charge is -2.18. The van der Waals surface area contributed by atoms with Crippen LogP contribution in [0.4, 0.5) is 0 Å². The predicted octanol–water partition coefficient (Wildman–Crippen LogP) is 1.86. The van der Waals surface area contributed by atoms with Gasteiger partial charge >= 0.3 is 0 Å². The third-order valence-electron chi connectivity index (χ3n) is 3.79. The van der Waals surface area contributed by atoms with Crippen molar-refractivity contribution >= 4 is 5.91 Å². The van der Waals surface area contributed by atoms with Gasteiger partial charge in [-0.15, -0.1) is 0 Å². The van der Waals surface area contributed by atoms with E-state index < -0.39 is 6.04 Å². The molecule has 0 spiro atoms. The highest BCUT2D eigenvalue weighted by atomic mass is 16.2. The van der Waals surface area contributed by atoms with Crippen LogP contribution in [-0.2, 0) is 11.3 Å². The number of para-hydroxylation sites is 1. The molecule has 0 aliphatic heterocycles. The van der Waals surface area contributed by atoms with E-state index in [1.807, 2.05) is 48.9 Å². The van der Waals surface area contributed by atoms with Crippen molar-refractivity contribution < 1.29 is 4.79 Å². The van der Waals surface area contributed by atoms with Crippen LogP contribution in [0.3, 0.4) is 0 Å². The fourth-order valence-electron chi connectivity index (χ4n) is 2.13. The molecular formula is C16H22N4O. The Bertz CT molecular complexity index is 580. The van der Waals surface area contributed by atoms with Gasteiger partial charge in [0.25, 0.3) is 0 Å². The number of nitrogens with one attached hydrogen (secondary N) is 1. The van der Waals surface area contributed by atoms with Gasteiger partial charge in [0.2, 0.25) is 5.91 Å². The number of carbonyl (C=O) groups is 1. The summed E-state index contributed by atoms with van der Waals surface area (Å²) in [6, 6.07) is 7.44. The number of rotatable bonds is 6. The van der Waals surface area contributed by atoms with Gasteiger partial charge in [-0.2, -0.15) is 0 Å². The Labute approximate surface area is 125 Å². The molecule has 2 atom stereocenters. The van der Waals surface area contributed by atoms with Crippen LogP contribution in [0, 0.1) is 5.92 Å². The summed E-state index contributed by atoms with van der Waals surface area (Å²) in [5.41, 5.74) is 7.98. The molecule has 1 aromatic heterocycles. The molecule has 0 radical (unpaired) electrons. The second-order valence-electron chi connectivity index (χ2n) is 5.23. The predicted molar refractivity (Wildman–Crippen MR) is 82.8 cm³/mol. The molecule has 112 valence electrons. The molecule has 21 heavy (non-hydrogen) atoms. The molecular weight excluding hydrogens is 264 g/mol. The normalized spacial score (nSPS) is 13.7. The molecule has 1 aromatic carbocycles. The van der Waals surface area contributed by atoms with Crippen molar-refractivity contribution in [1.29, 1.82) is 0 Å². The van der Waals surface area contributed by atoms with Crippen molar-refractivity contribution in [3.63, 3.8) is 0 Å². The van der Waals surface area contributed by atoms with Crippen LogP contribution in [0.25, 0.3) is 5.69 Å². The maximum Gasteiger partial charge on any atom is 0.237 e. The van der Waals surface area contributed by atoms with Gasteiger partial charge < -0.3 is 15.6 Å². The van der Waals surface area contributed by atoms with Gasteiger partial charge in [-0.3, -0.25) is 4.79 Å². The first-order valence-corrected chi connectivity index (χ1v) is 7.23. The minimum atomic E-state index is -0.463.